The van der Waals surface area contributed by atoms with Crippen LogP contribution in [0.5, 0.6) is 0 Å². The number of fused-ring (bicyclic) bond motifs is 1. The Labute approximate surface area is 144 Å². The van der Waals surface area contributed by atoms with Crippen molar-refractivity contribution in [2.45, 2.75) is 70.4 Å². The van der Waals surface area contributed by atoms with Gasteiger partial charge in [-0.15, -0.1) is 0 Å². The van der Waals surface area contributed by atoms with E-state index in [1.54, 1.807) is 6.92 Å². The quantitative estimate of drug-likeness (QED) is 0.616. The van der Waals surface area contributed by atoms with Gasteiger partial charge in [0.05, 0.1) is 19.1 Å². The molecule has 1 N–H and O–H groups in total. The zero-order valence-corrected chi connectivity index (χ0v) is 14.5. The van der Waals surface area contributed by atoms with Gasteiger partial charge in [0.1, 0.15) is 0 Å². The fraction of sp³-hybridized carbons (Fsp3) is 0.600. The molecule has 1 aromatic rings. The van der Waals surface area contributed by atoms with Gasteiger partial charge in [0, 0.05) is 11.6 Å². The van der Waals surface area contributed by atoms with Gasteiger partial charge >= 0.3 is 5.97 Å². The van der Waals surface area contributed by atoms with Gasteiger partial charge in [-0.05, 0) is 56.2 Å². The standard InChI is InChI=1S/C20H27NO3/c1-2-24-19(22)13-18(21-17-8-3-4-9-17)20(23)16-11-10-14-6-5-7-15(14)12-16/h10-12,17-18,21H,2-9,13H2,1H3. The Hall–Kier alpha value is -1.68. The van der Waals surface area contributed by atoms with Crippen molar-refractivity contribution in [3.8, 4) is 0 Å². The number of hydrogen-bond acceptors (Lipinski definition) is 4. The molecule has 0 bridgehead atoms. The van der Waals surface area contributed by atoms with Crippen LogP contribution in [0.1, 0.15) is 66.9 Å². The fourth-order valence-electron chi connectivity index (χ4n) is 3.92. The average Bonchev–Trinajstić information content (AvgIpc) is 3.24. The lowest BCUT2D eigenvalue weighted by Gasteiger charge is -2.21. The summed E-state index contributed by atoms with van der Waals surface area (Å²) in [5, 5.41) is 3.42. The molecule has 0 amide bonds. The first-order valence-electron chi connectivity index (χ1n) is 9.25. The number of carbonyl (C=O) groups excluding carboxylic acids is 2. The number of carbonyl (C=O) groups is 2. The van der Waals surface area contributed by atoms with Crippen molar-refractivity contribution in [2.75, 3.05) is 6.61 Å². The molecule has 1 saturated carbocycles. The number of ether oxygens (including phenoxy) is 1. The van der Waals surface area contributed by atoms with Gasteiger partial charge in [0.2, 0.25) is 0 Å². The summed E-state index contributed by atoms with van der Waals surface area (Å²) in [5.41, 5.74) is 3.37. The van der Waals surface area contributed by atoms with E-state index in [1.165, 1.54) is 30.4 Å². The maximum absolute atomic E-state index is 13.0. The van der Waals surface area contributed by atoms with Gasteiger partial charge in [-0.1, -0.05) is 25.0 Å². The van der Waals surface area contributed by atoms with Crippen molar-refractivity contribution in [1.82, 2.24) is 5.32 Å². The van der Waals surface area contributed by atoms with Crippen LogP contribution in [0.25, 0.3) is 0 Å². The minimum absolute atomic E-state index is 0.0182. The topological polar surface area (TPSA) is 55.4 Å². The highest BCUT2D eigenvalue weighted by Gasteiger charge is 2.28. The van der Waals surface area contributed by atoms with Crippen molar-refractivity contribution < 1.29 is 14.3 Å². The first-order valence-corrected chi connectivity index (χ1v) is 9.25. The highest BCUT2D eigenvalue weighted by molar-refractivity contribution is 6.02. The second-order valence-electron chi connectivity index (χ2n) is 6.91. The smallest absolute Gasteiger partial charge is 0.307 e. The van der Waals surface area contributed by atoms with Gasteiger partial charge in [0.15, 0.2) is 5.78 Å². The molecule has 2 aliphatic rings. The second kappa shape index (κ2) is 7.93. The minimum atomic E-state index is -0.480. The number of hydrogen-bond donors (Lipinski definition) is 1. The molecule has 1 unspecified atom stereocenters. The molecule has 0 aliphatic heterocycles. The summed E-state index contributed by atoms with van der Waals surface area (Å²) in [7, 11) is 0. The largest absolute Gasteiger partial charge is 0.466 e. The Morgan fingerprint density at radius 1 is 1.17 bits per heavy atom. The number of nitrogens with one attached hydrogen (secondary N) is 1. The summed E-state index contributed by atoms with van der Waals surface area (Å²) in [6, 6.07) is 5.88. The zero-order valence-electron chi connectivity index (χ0n) is 14.5. The van der Waals surface area contributed by atoms with Crippen molar-refractivity contribution in [1.29, 1.82) is 0 Å². The summed E-state index contributed by atoms with van der Waals surface area (Å²) in [6.07, 6.45) is 7.98. The van der Waals surface area contributed by atoms with Crippen LogP contribution in [0.2, 0.25) is 0 Å². The van der Waals surface area contributed by atoms with E-state index in [1.807, 2.05) is 12.1 Å². The third kappa shape index (κ3) is 4.04. The number of esters is 1. The first-order chi connectivity index (χ1) is 11.7. The Morgan fingerprint density at radius 3 is 2.67 bits per heavy atom. The van der Waals surface area contributed by atoms with Gasteiger partial charge < -0.3 is 10.1 Å². The lowest BCUT2D eigenvalue weighted by atomic mass is 9.97. The molecule has 0 radical (unpaired) electrons. The molecular weight excluding hydrogens is 302 g/mol. The average molecular weight is 329 g/mol. The van der Waals surface area contributed by atoms with Crippen LogP contribution in [0.3, 0.4) is 0 Å². The third-order valence-electron chi connectivity index (χ3n) is 5.17. The second-order valence-corrected chi connectivity index (χ2v) is 6.91. The predicted molar refractivity (Wildman–Crippen MR) is 93.2 cm³/mol. The van der Waals surface area contributed by atoms with Crippen molar-refractivity contribution in [3.05, 3.63) is 34.9 Å². The molecule has 1 aromatic carbocycles. The Morgan fingerprint density at radius 2 is 1.92 bits per heavy atom. The molecular formula is C20H27NO3. The monoisotopic (exact) mass is 329 g/mol. The van der Waals surface area contributed by atoms with E-state index in [0.717, 1.165) is 31.2 Å². The molecule has 1 fully saturated rings. The Bertz CT molecular complexity index is 605. The summed E-state index contributed by atoms with van der Waals surface area (Å²) in [4.78, 5) is 24.9. The Balaban J connectivity index is 1.74. The van der Waals surface area contributed by atoms with E-state index in [-0.39, 0.29) is 18.2 Å². The van der Waals surface area contributed by atoms with Gasteiger partial charge in [-0.25, -0.2) is 0 Å². The van der Waals surface area contributed by atoms with E-state index in [9.17, 15) is 9.59 Å². The molecule has 130 valence electrons. The number of aryl methyl sites for hydroxylation is 2. The SMILES string of the molecule is CCOC(=O)CC(NC1CCCC1)C(=O)c1ccc2c(c1)CCC2. The van der Waals surface area contributed by atoms with E-state index in [2.05, 4.69) is 11.4 Å². The zero-order chi connectivity index (χ0) is 16.9. The summed E-state index contributed by atoms with van der Waals surface area (Å²) in [6.45, 7) is 2.14. The number of rotatable bonds is 7. The normalized spacial score (nSPS) is 18.4. The molecule has 4 heteroatoms. The molecule has 1 atom stereocenters. The molecule has 2 aliphatic carbocycles. The maximum atomic E-state index is 13.0. The highest BCUT2D eigenvalue weighted by Crippen LogP contribution is 2.24. The van der Waals surface area contributed by atoms with E-state index >= 15 is 0 Å². The first kappa shape index (κ1) is 17.2. The molecule has 0 saturated heterocycles. The fourth-order valence-corrected chi connectivity index (χ4v) is 3.92. The van der Waals surface area contributed by atoms with Crippen LogP contribution in [0.4, 0.5) is 0 Å². The predicted octanol–water partition coefficient (Wildman–Crippen LogP) is 3.21. The third-order valence-corrected chi connectivity index (χ3v) is 5.17. The van der Waals surface area contributed by atoms with Gasteiger partial charge in [-0.2, -0.15) is 0 Å². The van der Waals surface area contributed by atoms with Gasteiger partial charge in [-0.3, -0.25) is 9.59 Å². The van der Waals surface area contributed by atoms with E-state index in [4.69, 9.17) is 4.74 Å². The Kier molecular flexibility index (Phi) is 5.67. The number of benzene rings is 1. The molecule has 0 heterocycles. The van der Waals surface area contributed by atoms with Crippen LogP contribution < -0.4 is 5.32 Å². The van der Waals surface area contributed by atoms with Gasteiger partial charge in [0.25, 0.3) is 0 Å². The minimum Gasteiger partial charge on any atom is -0.466 e. The molecule has 0 spiro atoms. The van der Waals surface area contributed by atoms with Crippen LogP contribution in [0.15, 0.2) is 18.2 Å². The maximum Gasteiger partial charge on any atom is 0.307 e. The van der Waals surface area contributed by atoms with Crippen molar-refractivity contribution >= 4 is 11.8 Å². The molecule has 3 rings (SSSR count). The summed E-state index contributed by atoms with van der Waals surface area (Å²) in [5.74, 6) is -0.285. The summed E-state index contributed by atoms with van der Waals surface area (Å²) < 4.78 is 5.07. The van der Waals surface area contributed by atoms with E-state index < -0.39 is 6.04 Å². The van der Waals surface area contributed by atoms with Crippen molar-refractivity contribution in [2.24, 2.45) is 0 Å². The lowest BCUT2D eigenvalue weighted by Crippen LogP contribution is -2.44. The van der Waals surface area contributed by atoms with Crippen LogP contribution >= 0.6 is 0 Å². The molecule has 0 aromatic heterocycles. The van der Waals surface area contributed by atoms with Crippen molar-refractivity contribution in [3.63, 3.8) is 0 Å². The van der Waals surface area contributed by atoms with Crippen LogP contribution in [-0.4, -0.2) is 30.4 Å². The van der Waals surface area contributed by atoms with Crippen LogP contribution in [0, 0.1) is 0 Å². The molecule has 4 nitrogen and oxygen atoms in total. The highest BCUT2D eigenvalue weighted by atomic mass is 16.5. The summed E-state index contributed by atoms with van der Waals surface area (Å²) >= 11 is 0. The molecule has 24 heavy (non-hydrogen) atoms. The lowest BCUT2D eigenvalue weighted by molar-refractivity contribution is -0.143. The number of Topliss-reactive ketones (excluding diaryl/α,β-unsaturated/α-hetero) is 1. The number of ketones is 1. The van der Waals surface area contributed by atoms with Crippen LogP contribution in [-0.2, 0) is 22.4 Å². The van der Waals surface area contributed by atoms with E-state index in [0.29, 0.717) is 12.6 Å².